The molecule has 3 fully saturated rings. The molecule has 190 valence electrons. The molecule has 1 saturated carbocycles. The van der Waals surface area contributed by atoms with Crippen LogP contribution in [0, 0.1) is 11.8 Å². The Kier molecular flexibility index (Phi) is 6.68. The molecule has 5 rings (SSSR count). The van der Waals surface area contributed by atoms with Gasteiger partial charge in [-0.1, -0.05) is 30.3 Å². The number of carbonyl (C=O) groups excluding carboxylic acids is 1. The summed E-state index contributed by atoms with van der Waals surface area (Å²) >= 11 is 0. The maximum absolute atomic E-state index is 12.5. The molecule has 3 aliphatic heterocycles. The number of benzene rings is 1. The number of rotatable bonds is 7. The average Bonchev–Trinajstić information content (AvgIpc) is 3.56. The van der Waals surface area contributed by atoms with Crippen LogP contribution in [-0.4, -0.2) is 99.5 Å². The smallest absolute Gasteiger partial charge is 0.331 e. The zero-order valence-electron chi connectivity index (χ0n) is 18.6. The van der Waals surface area contributed by atoms with E-state index in [4.69, 9.17) is 23.7 Å². The molecule has 11 unspecified atom stereocenters. The summed E-state index contributed by atoms with van der Waals surface area (Å²) < 4.78 is 28.3. The number of aliphatic hydroxyl groups excluding tert-OH is 5. The van der Waals surface area contributed by atoms with Crippen LogP contribution in [0.3, 0.4) is 0 Å². The highest BCUT2D eigenvalue weighted by atomic mass is 16.8. The van der Waals surface area contributed by atoms with Gasteiger partial charge in [0.25, 0.3) is 0 Å². The molecule has 0 bridgehead atoms. The Morgan fingerprint density at radius 2 is 1.83 bits per heavy atom. The number of hydrogen-bond acceptors (Lipinski definition) is 11. The van der Waals surface area contributed by atoms with Gasteiger partial charge in [-0.3, -0.25) is 0 Å². The fourth-order valence-electron chi connectivity index (χ4n) is 5.19. The first-order valence-electron chi connectivity index (χ1n) is 11.4. The molecule has 0 amide bonds. The van der Waals surface area contributed by atoms with Crippen molar-refractivity contribution >= 4 is 12.0 Å². The molecular weight excluding hydrogens is 464 g/mol. The molecular formula is C24H28O11. The lowest BCUT2D eigenvalue weighted by Gasteiger charge is -2.43. The zero-order chi connectivity index (χ0) is 24.7. The molecule has 11 nitrogen and oxygen atoms in total. The van der Waals surface area contributed by atoms with Gasteiger partial charge in [-0.15, -0.1) is 0 Å². The number of ether oxygens (including phenoxy) is 5. The monoisotopic (exact) mass is 492 g/mol. The summed E-state index contributed by atoms with van der Waals surface area (Å²) in [6.45, 7) is -0.999. The highest BCUT2D eigenvalue weighted by Gasteiger charge is 2.77. The third kappa shape index (κ3) is 4.28. The third-order valence-electron chi connectivity index (χ3n) is 7.06. The Labute approximate surface area is 200 Å². The minimum Gasteiger partial charge on any atom is -0.472 e. The van der Waals surface area contributed by atoms with E-state index in [1.807, 2.05) is 30.3 Å². The molecule has 0 radical (unpaired) electrons. The van der Waals surface area contributed by atoms with Crippen LogP contribution in [-0.2, 0) is 28.5 Å². The number of epoxide rings is 1. The summed E-state index contributed by atoms with van der Waals surface area (Å²) in [5.74, 6) is -1.64. The van der Waals surface area contributed by atoms with Gasteiger partial charge in [-0.05, 0) is 17.7 Å². The predicted molar refractivity (Wildman–Crippen MR) is 116 cm³/mol. The maximum atomic E-state index is 12.5. The fourth-order valence-corrected chi connectivity index (χ4v) is 5.19. The number of esters is 1. The van der Waals surface area contributed by atoms with E-state index in [1.54, 1.807) is 12.2 Å². The quantitative estimate of drug-likeness (QED) is 0.174. The second kappa shape index (κ2) is 9.60. The van der Waals surface area contributed by atoms with Crippen molar-refractivity contribution in [1.82, 2.24) is 0 Å². The lowest BCUT2D eigenvalue weighted by molar-refractivity contribution is -0.344. The van der Waals surface area contributed by atoms with Crippen LogP contribution in [0.2, 0.25) is 0 Å². The largest absolute Gasteiger partial charge is 0.472 e. The highest BCUT2D eigenvalue weighted by molar-refractivity contribution is 5.87. The molecule has 11 heteroatoms. The van der Waals surface area contributed by atoms with Crippen LogP contribution >= 0.6 is 0 Å². The standard InChI is InChI=1S/C24H28O11/c25-10-14-17(28)18(29)19(30)23(32-14)34-22-16-13(8-9-31-22)20(21-24(16,11-26)35-21)33-15(27)7-6-12-4-2-1-3-5-12/h1-9,13-14,16-23,25-26,28-30H,10-11H2. The Morgan fingerprint density at radius 1 is 1.06 bits per heavy atom. The van der Waals surface area contributed by atoms with E-state index >= 15 is 0 Å². The molecule has 35 heavy (non-hydrogen) atoms. The topological polar surface area (TPSA) is 168 Å². The van der Waals surface area contributed by atoms with Crippen molar-refractivity contribution in [3.05, 3.63) is 54.3 Å². The van der Waals surface area contributed by atoms with E-state index in [0.29, 0.717) is 0 Å². The zero-order valence-corrected chi connectivity index (χ0v) is 18.6. The normalized spacial score (nSPS) is 43.9. The first kappa shape index (κ1) is 24.3. The van der Waals surface area contributed by atoms with Crippen LogP contribution in [0.4, 0.5) is 0 Å². The van der Waals surface area contributed by atoms with Crippen LogP contribution in [0.5, 0.6) is 0 Å². The van der Waals surface area contributed by atoms with Crippen LogP contribution < -0.4 is 0 Å². The van der Waals surface area contributed by atoms with Gasteiger partial charge < -0.3 is 49.2 Å². The van der Waals surface area contributed by atoms with Crippen molar-refractivity contribution in [3.63, 3.8) is 0 Å². The van der Waals surface area contributed by atoms with Crippen molar-refractivity contribution in [2.45, 2.75) is 54.8 Å². The van der Waals surface area contributed by atoms with Gasteiger partial charge in [0, 0.05) is 12.0 Å². The van der Waals surface area contributed by atoms with Crippen molar-refractivity contribution in [1.29, 1.82) is 0 Å². The van der Waals surface area contributed by atoms with Gasteiger partial charge in [0.15, 0.2) is 6.29 Å². The van der Waals surface area contributed by atoms with Crippen LogP contribution in [0.25, 0.3) is 6.08 Å². The Bertz CT molecular complexity index is 965. The van der Waals surface area contributed by atoms with Crippen LogP contribution in [0.1, 0.15) is 5.56 Å². The van der Waals surface area contributed by atoms with Crippen molar-refractivity contribution in [3.8, 4) is 0 Å². The Hall–Kier alpha value is -2.35. The molecule has 1 aromatic rings. The second-order valence-corrected chi connectivity index (χ2v) is 9.07. The SMILES string of the molecule is O=C(C=Cc1ccccc1)OC1C2C=COC(OC3OC(CO)C(O)C(O)C3O)C2C2(CO)OC12. The van der Waals surface area contributed by atoms with E-state index in [9.17, 15) is 30.3 Å². The van der Waals surface area contributed by atoms with Gasteiger partial charge in [-0.2, -0.15) is 0 Å². The molecule has 1 aromatic carbocycles. The third-order valence-corrected chi connectivity index (χ3v) is 7.06. The van der Waals surface area contributed by atoms with E-state index in [0.717, 1.165) is 5.56 Å². The molecule has 1 aliphatic carbocycles. The molecule has 4 aliphatic rings. The number of hydrogen-bond donors (Lipinski definition) is 5. The first-order chi connectivity index (χ1) is 16.9. The molecule has 3 heterocycles. The summed E-state index contributed by atoms with van der Waals surface area (Å²) in [5.41, 5.74) is -0.262. The van der Waals surface area contributed by atoms with E-state index in [2.05, 4.69) is 0 Å². The number of aliphatic hydroxyl groups is 5. The molecule has 11 atom stereocenters. The van der Waals surface area contributed by atoms with Gasteiger partial charge in [0.2, 0.25) is 6.29 Å². The molecule has 2 saturated heterocycles. The highest BCUT2D eigenvalue weighted by Crippen LogP contribution is 2.60. The van der Waals surface area contributed by atoms with Crippen molar-refractivity contribution in [2.24, 2.45) is 11.8 Å². The summed E-state index contributed by atoms with van der Waals surface area (Å²) in [7, 11) is 0. The number of carbonyl (C=O) groups is 1. The summed E-state index contributed by atoms with van der Waals surface area (Å²) in [6, 6.07) is 9.26. The van der Waals surface area contributed by atoms with Crippen LogP contribution in [0.15, 0.2) is 48.7 Å². The van der Waals surface area contributed by atoms with Crippen molar-refractivity contribution < 1.29 is 54.0 Å². The lowest BCUT2D eigenvalue weighted by Crippen LogP contribution is -2.60. The fraction of sp³-hybridized carbons (Fsp3) is 0.542. The second-order valence-electron chi connectivity index (χ2n) is 9.07. The van der Waals surface area contributed by atoms with Crippen molar-refractivity contribution in [2.75, 3.05) is 13.2 Å². The van der Waals surface area contributed by atoms with E-state index in [-0.39, 0.29) is 0 Å². The van der Waals surface area contributed by atoms with E-state index in [1.165, 1.54) is 12.3 Å². The van der Waals surface area contributed by atoms with Gasteiger partial charge in [0.1, 0.15) is 42.2 Å². The Balaban J connectivity index is 1.31. The maximum Gasteiger partial charge on any atom is 0.331 e. The molecule has 5 N–H and O–H groups in total. The number of fused-ring (bicyclic) bond motifs is 3. The Morgan fingerprint density at radius 3 is 2.54 bits per heavy atom. The molecule has 0 spiro atoms. The minimum atomic E-state index is -1.63. The van der Waals surface area contributed by atoms with E-state index < -0.39 is 85.8 Å². The van der Waals surface area contributed by atoms with Gasteiger partial charge in [-0.25, -0.2) is 4.79 Å². The van der Waals surface area contributed by atoms with Gasteiger partial charge in [0.05, 0.1) is 25.4 Å². The van der Waals surface area contributed by atoms with Gasteiger partial charge >= 0.3 is 5.97 Å². The predicted octanol–water partition coefficient (Wildman–Crippen LogP) is -1.33. The average molecular weight is 492 g/mol. The summed E-state index contributed by atoms with van der Waals surface area (Å²) in [5, 5.41) is 50.0. The molecule has 0 aromatic heterocycles. The minimum absolute atomic E-state index is 0.390. The summed E-state index contributed by atoms with van der Waals surface area (Å²) in [4.78, 5) is 12.5. The first-order valence-corrected chi connectivity index (χ1v) is 11.4. The lowest BCUT2D eigenvalue weighted by atomic mass is 9.85. The summed E-state index contributed by atoms with van der Waals surface area (Å²) in [6.07, 6.45) is -3.78.